The molecule has 0 radical (unpaired) electrons. The van der Waals surface area contributed by atoms with E-state index in [2.05, 4.69) is 5.32 Å². The van der Waals surface area contributed by atoms with E-state index >= 15 is 0 Å². The molecule has 3 nitrogen and oxygen atoms in total. The summed E-state index contributed by atoms with van der Waals surface area (Å²) in [5, 5.41) is 17.2. The standard InChI is InChI=1S/C19H19NO2S/c1-13-9-10-23-19(13)17(21)12-20-18(22)11-15-7-4-6-14-5-2-3-8-16(14)15/h2-10,17,21H,11-12H2,1H3,(H,20,22). The third kappa shape index (κ3) is 3.60. The Bertz CT molecular complexity index is 820. The number of amides is 1. The van der Waals surface area contributed by atoms with Crippen LogP contribution in [0.5, 0.6) is 0 Å². The Morgan fingerprint density at radius 1 is 1.17 bits per heavy atom. The maximum atomic E-state index is 12.2. The van der Waals surface area contributed by atoms with Crippen LogP contribution in [0, 0.1) is 6.92 Å². The number of hydrogen-bond donors (Lipinski definition) is 2. The van der Waals surface area contributed by atoms with Gasteiger partial charge in [-0.1, -0.05) is 42.5 Å². The topological polar surface area (TPSA) is 49.3 Å². The fraction of sp³-hybridized carbons (Fsp3) is 0.211. The Balaban J connectivity index is 1.64. The molecule has 1 aromatic heterocycles. The van der Waals surface area contributed by atoms with E-state index in [1.165, 1.54) is 11.3 Å². The van der Waals surface area contributed by atoms with E-state index in [9.17, 15) is 9.90 Å². The van der Waals surface area contributed by atoms with Gasteiger partial charge in [-0.3, -0.25) is 4.79 Å². The SMILES string of the molecule is Cc1ccsc1C(O)CNC(=O)Cc1cccc2ccccc12. The quantitative estimate of drug-likeness (QED) is 0.753. The lowest BCUT2D eigenvalue weighted by atomic mass is 10.0. The lowest BCUT2D eigenvalue weighted by Gasteiger charge is -2.12. The molecule has 4 heteroatoms. The van der Waals surface area contributed by atoms with Crippen LogP contribution in [0.4, 0.5) is 0 Å². The second-order valence-electron chi connectivity index (χ2n) is 5.60. The van der Waals surface area contributed by atoms with Crippen LogP contribution in [-0.2, 0) is 11.2 Å². The van der Waals surface area contributed by atoms with E-state index in [0.717, 1.165) is 26.8 Å². The minimum atomic E-state index is -0.647. The summed E-state index contributed by atoms with van der Waals surface area (Å²) >= 11 is 1.51. The Morgan fingerprint density at radius 3 is 2.74 bits per heavy atom. The van der Waals surface area contributed by atoms with E-state index in [1.807, 2.05) is 60.8 Å². The normalized spacial score (nSPS) is 12.3. The van der Waals surface area contributed by atoms with Gasteiger partial charge in [0.1, 0.15) is 6.10 Å². The minimum Gasteiger partial charge on any atom is -0.386 e. The maximum absolute atomic E-state index is 12.2. The van der Waals surface area contributed by atoms with Gasteiger partial charge in [0, 0.05) is 11.4 Å². The van der Waals surface area contributed by atoms with E-state index in [1.54, 1.807) is 0 Å². The molecule has 0 fully saturated rings. The van der Waals surface area contributed by atoms with Crippen LogP contribution in [-0.4, -0.2) is 17.6 Å². The number of hydrogen-bond acceptors (Lipinski definition) is 3. The van der Waals surface area contributed by atoms with Crippen LogP contribution in [0.3, 0.4) is 0 Å². The van der Waals surface area contributed by atoms with E-state index in [-0.39, 0.29) is 12.5 Å². The van der Waals surface area contributed by atoms with Gasteiger partial charge in [-0.05, 0) is 40.3 Å². The summed E-state index contributed by atoms with van der Waals surface area (Å²) < 4.78 is 0. The monoisotopic (exact) mass is 325 g/mol. The number of nitrogens with one attached hydrogen (secondary N) is 1. The van der Waals surface area contributed by atoms with Crippen molar-refractivity contribution in [3.05, 3.63) is 69.9 Å². The van der Waals surface area contributed by atoms with Gasteiger partial charge in [0.15, 0.2) is 0 Å². The lowest BCUT2D eigenvalue weighted by molar-refractivity contribution is -0.120. The number of aliphatic hydroxyl groups excluding tert-OH is 1. The molecule has 2 N–H and O–H groups in total. The van der Waals surface area contributed by atoms with Gasteiger partial charge in [0.25, 0.3) is 0 Å². The molecular weight excluding hydrogens is 306 g/mol. The number of benzene rings is 2. The predicted molar refractivity (Wildman–Crippen MR) is 94.7 cm³/mol. The fourth-order valence-corrected chi connectivity index (χ4v) is 3.62. The number of rotatable bonds is 5. The molecule has 2 aromatic carbocycles. The van der Waals surface area contributed by atoms with Gasteiger partial charge in [0.2, 0.25) is 5.91 Å². The largest absolute Gasteiger partial charge is 0.386 e. The van der Waals surface area contributed by atoms with E-state index < -0.39 is 6.10 Å². The Kier molecular flexibility index (Phi) is 4.74. The number of fused-ring (bicyclic) bond motifs is 1. The zero-order chi connectivity index (χ0) is 16.2. The number of thiophene rings is 1. The van der Waals surface area contributed by atoms with Gasteiger partial charge in [-0.15, -0.1) is 11.3 Å². The summed E-state index contributed by atoms with van der Waals surface area (Å²) in [4.78, 5) is 13.1. The summed E-state index contributed by atoms with van der Waals surface area (Å²) in [6, 6.07) is 16.0. The zero-order valence-corrected chi connectivity index (χ0v) is 13.8. The average Bonchev–Trinajstić information content (AvgIpc) is 2.99. The van der Waals surface area contributed by atoms with Crippen molar-refractivity contribution in [3.63, 3.8) is 0 Å². The molecule has 1 unspecified atom stereocenters. The molecule has 0 aliphatic rings. The highest BCUT2D eigenvalue weighted by atomic mass is 32.1. The van der Waals surface area contributed by atoms with Gasteiger partial charge >= 0.3 is 0 Å². The average molecular weight is 325 g/mol. The molecular formula is C19H19NO2S. The Morgan fingerprint density at radius 2 is 1.96 bits per heavy atom. The molecule has 1 amide bonds. The van der Waals surface area contributed by atoms with Crippen molar-refractivity contribution in [3.8, 4) is 0 Å². The summed E-state index contributed by atoms with van der Waals surface area (Å²) in [5.41, 5.74) is 2.06. The van der Waals surface area contributed by atoms with Crippen LogP contribution in [0.25, 0.3) is 10.8 Å². The Labute approximate surface area is 139 Å². The van der Waals surface area contributed by atoms with Crippen LogP contribution >= 0.6 is 11.3 Å². The molecule has 3 rings (SSSR count). The van der Waals surface area contributed by atoms with Gasteiger partial charge < -0.3 is 10.4 Å². The van der Waals surface area contributed by atoms with Crippen LogP contribution in [0.2, 0.25) is 0 Å². The molecule has 1 heterocycles. The molecule has 0 aliphatic carbocycles. The molecule has 118 valence electrons. The molecule has 0 bridgehead atoms. The first kappa shape index (κ1) is 15.7. The first-order valence-corrected chi connectivity index (χ1v) is 8.48. The smallest absolute Gasteiger partial charge is 0.224 e. The fourth-order valence-electron chi connectivity index (χ4n) is 2.71. The number of aliphatic hydroxyl groups is 1. The summed E-state index contributed by atoms with van der Waals surface area (Å²) in [6.45, 7) is 2.21. The van der Waals surface area contributed by atoms with Crippen LogP contribution < -0.4 is 5.32 Å². The first-order chi connectivity index (χ1) is 11.1. The molecule has 0 aliphatic heterocycles. The van der Waals surface area contributed by atoms with E-state index in [4.69, 9.17) is 0 Å². The minimum absolute atomic E-state index is 0.0744. The highest BCUT2D eigenvalue weighted by molar-refractivity contribution is 7.10. The summed E-state index contributed by atoms with van der Waals surface area (Å²) in [6.07, 6.45) is -0.330. The van der Waals surface area contributed by atoms with Crippen molar-refractivity contribution in [2.24, 2.45) is 0 Å². The highest BCUT2D eigenvalue weighted by Gasteiger charge is 2.13. The molecule has 23 heavy (non-hydrogen) atoms. The lowest BCUT2D eigenvalue weighted by Crippen LogP contribution is -2.29. The molecule has 0 saturated carbocycles. The van der Waals surface area contributed by atoms with Crippen LogP contribution in [0.1, 0.15) is 22.1 Å². The number of carbonyl (C=O) groups is 1. The third-order valence-electron chi connectivity index (χ3n) is 3.93. The van der Waals surface area contributed by atoms with Crippen molar-refractivity contribution in [2.75, 3.05) is 6.54 Å². The molecule has 0 saturated heterocycles. The first-order valence-electron chi connectivity index (χ1n) is 7.60. The van der Waals surface area contributed by atoms with Gasteiger partial charge in [0.05, 0.1) is 6.42 Å². The molecule has 3 aromatic rings. The third-order valence-corrected chi connectivity index (χ3v) is 5.05. The second kappa shape index (κ2) is 6.94. The van der Waals surface area contributed by atoms with Crippen molar-refractivity contribution < 1.29 is 9.90 Å². The van der Waals surface area contributed by atoms with Gasteiger partial charge in [-0.2, -0.15) is 0 Å². The summed E-state index contributed by atoms with van der Waals surface area (Å²) in [5.74, 6) is -0.0744. The number of carbonyl (C=O) groups excluding carboxylic acids is 1. The number of aryl methyl sites for hydroxylation is 1. The zero-order valence-electron chi connectivity index (χ0n) is 13.0. The van der Waals surface area contributed by atoms with Crippen molar-refractivity contribution in [1.29, 1.82) is 0 Å². The summed E-state index contributed by atoms with van der Waals surface area (Å²) in [7, 11) is 0. The van der Waals surface area contributed by atoms with Crippen LogP contribution in [0.15, 0.2) is 53.9 Å². The second-order valence-corrected chi connectivity index (χ2v) is 6.55. The predicted octanol–water partition coefficient (Wildman–Crippen LogP) is 3.60. The van der Waals surface area contributed by atoms with Crippen molar-refractivity contribution in [2.45, 2.75) is 19.4 Å². The highest BCUT2D eigenvalue weighted by Crippen LogP contribution is 2.23. The Hall–Kier alpha value is -2.17. The van der Waals surface area contributed by atoms with E-state index in [0.29, 0.717) is 6.42 Å². The van der Waals surface area contributed by atoms with Gasteiger partial charge in [-0.25, -0.2) is 0 Å². The molecule has 1 atom stereocenters. The maximum Gasteiger partial charge on any atom is 0.224 e. The van der Waals surface area contributed by atoms with Crippen molar-refractivity contribution in [1.82, 2.24) is 5.32 Å². The van der Waals surface area contributed by atoms with Crippen molar-refractivity contribution >= 4 is 28.0 Å². The molecule has 0 spiro atoms.